The molecule has 5 heteroatoms. The SMILES string of the molecule is C/C=C1\CN[C@H]2C[C@@]3(C(=O)N(OC)c4ccccc43)[C@H]3C[C@@H]1[C@@H]2CO3. The zero-order chi connectivity index (χ0) is 17.2. The zero-order valence-corrected chi connectivity index (χ0v) is 14.7. The average molecular weight is 340 g/mol. The molecule has 0 aromatic heterocycles. The molecule has 1 N–H and O–H groups in total. The molecule has 1 aliphatic carbocycles. The van der Waals surface area contributed by atoms with Gasteiger partial charge in [-0.1, -0.05) is 29.8 Å². The smallest absolute Gasteiger partial charge is 0.264 e. The van der Waals surface area contributed by atoms with E-state index < -0.39 is 5.41 Å². The van der Waals surface area contributed by atoms with Crippen molar-refractivity contribution in [2.75, 3.05) is 25.3 Å². The number of nitrogens with one attached hydrogen (secondary N) is 1. The molecule has 0 unspecified atom stereocenters. The highest BCUT2D eigenvalue weighted by molar-refractivity contribution is 6.07. The third-order valence-electron chi connectivity index (χ3n) is 6.85. The number of para-hydroxylation sites is 1. The van der Waals surface area contributed by atoms with Gasteiger partial charge in [-0.3, -0.25) is 9.63 Å². The maximum Gasteiger partial charge on any atom is 0.264 e. The first kappa shape index (κ1) is 15.6. The standard InChI is InChI=1S/C20H24N2O3/c1-3-12-10-21-16-9-20(18-8-13(12)14(16)11-25-18)15-6-4-5-7-17(15)22(24-2)19(20)23/h3-7,13-14,16,18,21H,8-11H2,1-2H3/b12-3+/t13-,14-,16-,18+,20-/m0/s1. The van der Waals surface area contributed by atoms with E-state index in [0.717, 1.165) is 37.2 Å². The Bertz CT molecular complexity index is 761. The summed E-state index contributed by atoms with van der Waals surface area (Å²) < 4.78 is 6.32. The second kappa shape index (κ2) is 5.40. The number of rotatable bonds is 1. The van der Waals surface area contributed by atoms with Crippen molar-refractivity contribution in [2.24, 2.45) is 11.8 Å². The molecule has 5 atom stereocenters. The Kier molecular flexibility index (Phi) is 3.36. The van der Waals surface area contributed by atoms with E-state index in [2.05, 4.69) is 24.4 Å². The van der Waals surface area contributed by atoms with Gasteiger partial charge < -0.3 is 10.1 Å². The first-order chi connectivity index (χ1) is 12.2. The fourth-order valence-corrected chi connectivity index (χ4v) is 5.66. The number of amides is 1. The number of nitrogens with zero attached hydrogens (tertiary/aromatic N) is 1. The van der Waals surface area contributed by atoms with Crippen LogP contribution in [-0.2, 0) is 19.8 Å². The van der Waals surface area contributed by atoms with Crippen LogP contribution in [0.15, 0.2) is 35.9 Å². The minimum absolute atomic E-state index is 0.0261. The lowest BCUT2D eigenvalue weighted by atomic mass is 9.72. The number of piperidine rings is 1. The third-order valence-corrected chi connectivity index (χ3v) is 6.85. The second-order valence-electron chi connectivity index (χ2n) is 7.65. The average Bonchev–Trinajstić information content (AvgIpc) is 2.74. The molecule has 25 heavy (non-hydrogen) atoms. The van der Waals surface area contributed by atoms with Crippen LogP contribution in [0.4, 0.5) is 5.69 Å². The predicted octanol–water partition coefficient (Wildman–Crippen LogP) is 2.18. The monoisotopic (exact) mass is 340 g/mol. The van der Waals surface area contributed by atoms with Crippen LogP contribution in [0.25, 0.3) is 0 Å². The van der Waals surface area contributed by atoms with Gasteiger partial charge in [0.25, 0.3) is 5.91 Å². The van der Waals surface area contributed by atoms with Crippen molar-refractivity contribution in [1.82, 2.24) is 5.32 Å². The van der Waals surface area contributed by atoms with Gasteiger partial charge in [0.05, 0.1) is 25.5 Å². The lowest BCUT2D eigenvalue weighted by Crippen LogP contribution is -2.50. The van der Waals surface area contributed by atoms with E-state index in [1.54, 1.807) is 7.11 Å². The molecule has 4 heterocycles. The minimum Gasteiger partial charge on any atom is -0.376 e. The summed E-state index contributed by atoms with van der Waals surface area (Å²) in [6, 6.07) is 8.33. The van der Waals surface area contributed by atoms with Gasteiger partial charge in [0.2, 0.25) is 0 Å². The van der Waals surface area contributed by atoms with Crippen LogP contribution < -0.4 is 10.4 Å². The van der Waals surface area contributed by atoms with Crippen molar-refractivity contribution in [3.8, 4) is 0 Å². The molecule has 1 aromatic carbocycles. The summed E-state index contributed by atoms with van der Waals surface area (Å²) in [6.07, 6.45) is 3.85. The minimum atomic E-state index is -0.642. The number of hydrogen-bond acceptors (Lipinski definition) is 4. The van der Waals surface area contributed by atoms with Crippen molar-refractivity contribution in [3.63, 3.8) is 0 Å². The van der Waals surface area contributed by atoms with E-state index in [4.69, 9.17) is 9.57 Å². The summed E-state index contributed by atoms with van der Waals surface area (Å²) in [5.74, 6) is 0.997. The number of allylic oxidation sites excluding steroid dienone is 1. The maximum absolute atomic E-state index is 13.5. The van der Waals surface area contributed by atoms with Crippen LogP contribution in [-0.4, -0.2) is 38.3 Å². The van der Waals surface area contributed by atoms with Crippen LogP contribution >= 0.6 is 0 Å². The Hall–Kier alpha value is -1.69. The normalized spacial score (nSPS) is 40.6. The summed E-state index contributed by atoms with van der Waals surface area (Å²) in [7, 11) is 1.57. The van der Waals surface area contributed by atoms with E-state index in [9.17, 15) is 4.79 Å². The fourth-order valence-electron chi connectivity index (χ4n) is 5.66. The Balaban J connectivity index is 1.68. The van der Waals surface area contributed by atoms with Gasteiger partial charge in [-0.2, -0.15) is 5.06 Å². The lowest BCUT2D eigenvalue weighted by Gasteiger charge is -2.42. The molecule has 1 aromatic rings. The summed E-state index contributed by atoms with van der Waals surface area (Å²) in [4.78, 5) is 19.0. The zero-order valence-electron chi connectivity index (χ0n) is 14.7. The number of hydrogen-bond donors (Lipinski definition) is 1. The summed E-state index contributed by atoms with van der Waals surface area (Å²) in [5.41, 5.74) is 2.75. The van der Waals surface area contributed by atoms with Crippen molar-refractivity contribution >= 4 is 11.6 Å². The van der Waals surface area contributed by atoms with Gasteiger partial charge in [-0.15, -0.1) is 0 Å². The summed E-state index contributed by atoms with van der Waals surface area (Å²) >= 11 is 0. The highest BCUT2D eigenvalue weighted by Crippen LogP contribution is 2.55. The van der Waals surface area contributed by atoms with E-state index in [1.807, 2.05) is 18.2 Å². The fraction of sp³-hybridized carbons (Fsp3) is 0.550. The van der Waals surface area contributed by atoms with Crippen LogP contribution in [0, 0.1) is 11.8 Å². The summed E-state index contributed by atoms with van der Waals surface area (Å²) in [5, 5.41) is 5.16. The van der Waals surface area contributed by atoms with E-state index in [1.165, 1.54) is 10.6 Å². The predicted molar refractivity (Wildman–Crippen MR) is 94.1 cm³/mol. The van der Waals surface area contributed by atoms with Crippen molar-refractivity contribution in [3.05, 3.63) is 41.5 Å². The van der Waals surface area contributed by atoms with Gasteiger partial charge in [0.15, 0.2) is 0 Å². The number of ether oxygens (including phenoxy) is 1. The molecule has 4 aliphatic heterocycles. The van der Waals surface area contributed by atoms with Gasteiger partial charge in [-0.05, 0) is 37.3 Å². The Labute approximate surface area is 147 Å². The second-order valence-corrected chi connectivity index (χ2v) is 7.65. The molecule has 132 valence electrons. The largest absolute Gasteiger partial charge is 0.376 e. The first-order valence-electron chi connectivity index (χ1n) is 9.19. The van der Waals surface area contributed by atoms with Crippen molar-refractivity contribution in [2.45, 2.75) is 37.3 Å². The molecule has 4 bridgehead atoms. The lowest BCUT2D eigenvalue weighted by molar-refractivity contribution is -0.137. The van der Waals surface area contributed by atoms with Crippen LogP contribution in [0.2, 0.25) is 0 Å². The number of fused-ring (bicyclic) bond motifs is 2. The highest BCUT2D eigenvalue weighted by Gasteiger charge is 2.63. The van der Waals surface area contributed by atoms with E-state index in [0.29, 0.717) is 17.9 Å². The van der Waals surface area contributed by atoms with E-state index >= 15 is 0 Å². The van der Waals surface area contributed by atoms with E-state index in [-0.39, 0.29) is 12.0 Å². The van der Waals surface area contributed by atoms with Crippen LogP contribution in [0.5, 0.6) is 0 Å². The number of carbonyl (C=O) groups is 1. The number of anilines is 1. The van der Waals surface area contributed by atoms with Gasteiger partial charge >= 0.3 is 0 Å². The Morgan fingerprint density at radius 1 is 1.40 bits per heavy atom. The Morgan fingerprint density at radius 3 is 3.04 bits per heavy atom. The maximum atomic E-state index is 13.5. The molecule has 4 fully saturated rings. The molecule has 0 radical (unpaired) electrons. The van der Waals surface area contributed by atoms with Crippen LogP contribution in [0.3, 0.4) is 0 Å². The number of benzene rings is 1. The topological polar surface area (TPSA) is 50.8 Å². The molecule has 3 saturated heterocycles. The van der Waals surface area contributed by atoms with Crippen molar-refractivity contribution in [1.29, 1.82) is 0 Å². The molecule has 1 amide bonds. The molecule has 6 rings (SSSR count). The van der Waals surface area contributed by atoms with Gasteiger partial charge in [0.1, 0.15) is 5.41 Å². The molecular formula is C20H24N2O3. The Morgan fingerprint density at radius 2 is 2.24 bits per heavy atom. The quantitative estimate of drug-likeness (QED) is 0.796. The molecule has 5 nitrogen and oxygen atoms in total. The molecule has 1 spiro atoms. The number of hydroxylamine groups is 1. The number of carbonyl (C=O) groups excluding carboxylic acids is 1. The highest BCUT2D eigenvalue weighted by atomic mass is 16.7. The van der Waals surface area contributed by atoms with Crippen LogP contribution in [0.1, 0.15) is 25.3 Å². The first-order valence-corrected chi connectivity index (χ1v) is 9.19. The molecule has 1 saturated carbocycles. The molecular weight excluding hydrogens is 316 g/mol. The van der Waals surface area contributed by atoms with Gasteiger partial charge in [-0.25, -0.2) is 0 Å². The third kappa shape index (κ3) is 1.86. The molecule has 5 aliphatic rings. The summed E-state index contributed by atoms with van der Waals surface area (Å²) in [6.45, 7) is 3.78. The van der Waals surface area contributed by atoms with Crippen molar-refractivity contribution < 1.29 is 14.4 Å². The van der Waals surface area contributed by atoms with Gasteiger partial charge in [0, 0.05) is 18.5 Å².